The fourth-order valence-corrected chi connectivity index (χ4v) is 1.68. The Hall–Kier alpha value is -1.46. The van der Waals surface area contributed by atoms with Gasteiger partial charge in [0.05, 0.1) is 25.0 Å². The third-order valence-corrected chi connectivity index (χ3v) is 2.38. The predicted molar refractivity (Wildman–Crippen MR) is 62.9 cm³/mol. The van der Waals surface area contributed by atoms with Crippen molar-refractivity contribution in [1.82, 2.24) is 0 Å². The number of benzene rings is 1. The monoisotopic (exact) mass is 239 g/mol. The highest BCUT2D eigenvalue weighted by Crippen LogP contribution is 2.37. The molecule has 2 rings (SSSR count). The molecule has 1 aromatic rings. The molecule has 0 saturated carbocycles. The largest absolute Gasteiger partial charge is 0.503 e. The molecule has 0 unspecified atom stereocenters. The van der Waals surface area contributed by atoms with E-state index in [2.05, 4.69) is 0 Å². The average Bonchev–Trinajstić information content (AvgIpc) is 2.77. The summed E-state index contributed by atoms with van der Waals surface area (Å²) in [6, 6.07) is 3.33. The first-order valence-corrected chi connectivity index (χ1v) is 5.60. The minimum Gasteiger partial charge on any atom is -0.503 e. The van der Waals surface area contributed by atoms with Gasteiger partial charge in [0.15, 0.2) is 17.8 Å². The van der Waals surface area contributed by atoms with Gasteiger partial charge in [-0.1, -0.05) is 0 Å². The second-order valence-electron chi connectivity index (χ2n) is 4.20. The Bertz CT molecular complexity index is 400. The van der Waals surface area contributed by atoms with Crippen molar-refractivity contribution in [3.05, 3.63) is 17.7 Å². The van der Waals surface area contributed by atoms with E-state index in [0.717, 1.165) is 5.56 Å². The summed E-state index contributed by atoms with van der Waals surface area (Å²) in [7, 11) is 0. The Labute approximate surface area is 100 Å². The number of nitrogens with two attached hydrogens (primary N) is 1. The molecule has 3 N–H and O–H groups in total. The second-order valence-corrected chi connectivity index (χ2v) is 4.20. The van der Waals surface area contributed by atoms with Gasteiger partial charge in [-0.3, -0.25) is 0 Å². The Kier molecular flexibility index (Phi) is 3.40. The molecule has 0 bridgehead atoms. The van der Waals surface area contributed by atoms with Crippen LogP contribution in [0.25, 0.3) is 0 Å². The van der Waals surface area contributed by atoms with Crippen molar-refractivity contribution in [3.63, 3.8) is 0 Å². The van der Waals surface area contributed by atoms with Gasteiger partial charge in [0.1, 0.15) is 0 Å². The van der Waals surface area contributed by atoms with Crippen LogP contribution in [0.3, 0.4) is 0 Å². The van der Waals surface area contributed by atoms with Gasteiger partial charge in [0.25, 0.3) is 0 Å². The first-order valence-electron chi connectivity index (χ1n) is 5.60. The van der Waals surface area contributed by atoms with E-state index in [1.165, 1.54) is 0 Å². The molecule has 94 valence electrons. The number of phenolic OH excluding ortho intramolecular Hbond substituents is 1. The van der Waals surface area contributed by atoms with Crippen LogP contribution in [0.2, 0.25) is 0 Å². The minimum atomic E-state index is -0.424. The molecule has 1 aliphatic rings. The third kappa shape index (κ3) is 2.62. The van der Waals surface area contributed by atoms with Crippen molar-refractivity contribution in [2.45, 2.75) is 26.2 Å². The molecule has 0 amide bonds. The number of phenols is 1. The van der Waals surface area contributed by atoms with Crippen LogP contribution in [0.1, 0.15) is 25.7 Å². The third-order valence-electron chi connectivity index (χ3n) is 2.38. The van der Waals surface area contributed by atoms with Crippen LogP contribution in [0, 0.1) is 0 Å². The molecule has 1 fully saturated rings. The first kappa shape index (κ1) is 12.0. The summed E-state index contributed by atoms with van der Waals surface area (Å²) in [5.41, 5.74) is 6.74. The lowest BCUT2D eigenvalue weighted by Crippen LogP contribution is -2.08. The first-order chi connectivity index (χ1) is 8.08. The highest BCUT2D eigenvalue weighted by atomic mass is 16.7. The topological polar surface area (TPSA) is 73.9 Å². The van der Waals surface area contributed by atoms with Crippen molar-refractivity contribution in [2.75, 3.05) is 18.9 Å². The lowest BCUT2D eigenvalue weighted by atomic mass is 10.1. The summed E-state index contributed by atoms with van der Waals surface area (Å²) >= 11 is 0. The van der Waals surface area contributed by atoms with E-state index in [9.17, 15) is 5.11 Å². The molecule has 5 heteroatoms. The molecule has 1 saturated heterocycles. The molecule has 17 heavy (non-hydrogen) atoms. The number of aromatic hydroxyl groups is 1. The van der Waals surface area contributed by atoms with Gasteiger partial charge < -0.3 is 25.1 Å². The van der Waals surface area contributed by atoms with Crippen LogP contribution < -0.4 is 10.5 Å². The minimum absolute atomic E-state index is 0.0408. The summed E-state index contributed by atoms with van der Waals surface area (Å²) in [6.45, 7) is 4.88. The predicted octanol–water partition coefficient (Wildman–Crippen LogP) is 1.81. The molecular formula is C12H17NO4. The van der Waals surface area contributed by atoms with Gasteiger partial charge in [0.2, 0.25) is 0 Å². The molecule has 0 aromatic heterocycles. The molecule has 0 aliphatic carbocycles. The van der Waals surface area contributed by atoms with Crippen LogP contribution in [-0.2, 0) is 9.47 Å². The van der Waals surface area contributed by atoms with E-state index >= 15 is 0 Å². The normalized spacial score (nSPS) is 16.6. The van der Waals surface area contributed by atoms with Gasteiger partial charge in [-0.25, -0.2) is 0 Å². The zero-order valence-corrected chi connectivity index (χ0v) is 9.97. The zero-order chi connectivity index (χ0) is 12.4. The SMILES string of the molecule is CC(C)Oc1cc(C2OCCO2)cc(N)c1O. The van der Waals surface area contributed by atoms with E-state index in [-0.39, 0.29) is 17.5 Å². The van der Waals surface area contributed by atoms with Crippen molar-refractivity contribution in [2.24, 2.45) is 0 Å². The average molecular weight is 239 g/mol. The number of hydrogen-bond acceptors (Lipinski definition) is 5. The van der Waals surface area contributed by atoms with Crippen LogP contribution >= 0.6 is 0 Å². The summed E-state index contributed by atoms with van der Waals surface area (Å²) in [4.78, 5) is 0. The number of rotatable bonds is 3. The van der Waals surface area contributed by atoms with Gasteiger partial charge in [-0.2, -0.15) is 0 Å². The Morgan fingerprint density at radius 1 is 1.35 bits per heavy atom. The van der Waals surface area contributed by atoms with Crippen LogP contribution in [0.4, 0.5) is 5.69 Å². The van der Waals surface area contributed by atoms with Crippen molar-refractivity contribution in [3.8, 4) is 11.5 Å². The molecule has 1 heterocycles. The summed E-state index contributed by atoms with van der Waals surface area (Å²) in [5, 5.41) is 9.78. The fourth-order valence-electron chi connectivity index (χ4n) is 1.68. The highest BCUT2D eigenvalue weighted by Gasteiger charge is 2.21. The maximum atomic E-state index is 9.78. The molecule has 0 spiro atoms. The van der Waals surface area contributed by atoms with Crippen molar-refractivity contribution < 1.29 is 19.3 Å². The van der Waals surface area contributed by atoms with Crippen LogP contribution in [-0.4, -0.2) is 24.4 Å². The van der Waals surface area contributed by atoms with Crippen LogP contribution in [0.15, 0.2) is 12.1 Å². The number of hydrogen-bond donors (Lipinski definition) is 2. The molecule has 0 atom stereocenters. The maximum absolute atomic E-state index is 9.78. The summed E-state index contributed by atoms with van der Waals surface area (Å²) < 4.78 is 16.2. The van der Waals surface area contributed by atoms with Crippen LogP contribution in [0.5, 0.6) is 11.5 Å². The Balaban J connectivity index is 2.31. The van der Waals surface area contributed by atoms with Crippen molar-refractivity contribution >= 4 is 5.69 Å². The number of ether oxygens (including phenoxy) is 3. The smallest absolute Gasteiger partial charge is 0.184 e. The number of nitrogen functional groups attached to an aromatic ring is 1. The van der Waals surface area contributed by atoms with E-state index in [1.807, 2.05) is 13.8 Å². The molecule has 5 nitrogen and oxygen atoms in total. The molecule has 1 aliphatic heterocycles. The van der Waals surface area contributed by atoms with E-state index < -0.39 is 6.29 Å². The fraction of sp³-hybridized carbons (Fsp3) is 0.500. The quantitative estimate of drug-likeness (QED) is 0.621. The standard InChI is InChI=1S/C12H17NO4/c1-7(2)17-10-6-8(5-9(13)11(10)14)12-15-3-4-16-12/h5-7,12,14H,3-4,13H2,1-2H3. The second kappa shape index (κ2) is 4.81. The van der Waals surface area contributed by atoms with E-state index in [4.69, 9.17) is 19.9 Å². The maximum Gasteiger partial charge on any atom is 0.184 e. The molecule has 0 radical (unpaired) electrons. The van der Waals surface area contributed by atoms with Crippen molar-refractivity contribution in [1.29, 1.82) is 0 Å². The molecule has 1 aromatic carbocycles. The van der Waals surface area contributed by atoms with Gasteiger partial charge in [-0.05, 0) is 26.0 Å². The Morgan fingerprint density at radius 2 is 2.00 bits per heavy atom. The lowest BCUT2D eigenvalue weighted by molar-refractivity contribution is -0.0442. The summed E-state index contributed by atoms with van der Waals surface area (Å²) in [6.07, 6.45) is -0.464. The lowest BCUT2D eigenvalue weighted by Gasteiger charge is -2.16. The Morgan fingerprint density at radius 3 is 2.59 bits per heavy atom. The summed E-state index contributed by atoms with van der Waals surface area (Å²) in [5.74, 6) is 0.314. The van der Waals surface area contributed by atoms with Gasteiger partial charge >= 0.3 is 0 Å². The highest BCUT2D eigenvalue weighted by molar-refractivity contribution is 5.61. The van der Waals surface area contributed by atoms with Gasteiger partial charge in [0, 0.05) is 5.56 Å². The number of anilines is 1. The van der Waals surface area contributed by atoms with E-state index in [1.54, 1.807) is 12.1 Å². The molecular weight excluding hydrogens is 222 g/mol. The van der Waals surface area contributed by atoms with Gasteiger partial charge in [-0.15, -0.1) is 0 Å². The van der Waals surface area contributed by atoms with E-state index in [0.29, 0.717) is 19.0 Å². The zero-order valence-electron chi connectivity index (χ0n) is 9.97.